The fourth-order valence-corrected chi connectivity index (χ4v) is 1.45. The zero-order chi connectivity index (χ0) is 14.1. The molecule has 1 heterocycles. The lowest BCUT2D eigenvalue weighted by molar-refractivity contribution is -0.123. The first-order valence-electron chi connectivity index (χ1n) is 5.89. The average Bonchev–Trinajstić information content (AvgIpc) is 2.43. The Kier molecular flexibility index (Phi) is 7.17. The van der Waals surface area contributed by atoms with Gasteiger partial charge in [-0.05, 0) is 6.07 Å². The van der Waals surface area contributed by atoms with Crippen molar-refractivity contribution in [2.45, 2.75) is 12.5 Å². The van der Waals surface area contributed by atoms with Crippen LogP contribution in [0.4, 0.5) is 0 Å². The first kappa shape index (κ1) is 15.7. The number of halogens is 1. The molecule has 0 aliphatic heterocycles. The zero-order valence-corrected chi connectivity index (χ0v) is 11.5. The molecule has 0 radical (unpaired) electrons. The van der Waals surface area contributed by atoms with Crippen LogP contribution in [0.5, 0.6) is 5.88 Å². The molecule has 1 rings (SSSR count). The minimum atomic E-state index is -0.251. The van der Waals surface area contributed by atoms with Crippen LogP contribution in [0.2, 0.25) is 5.02 Å². The number of amides is 1. The molecule has 7 heteroatoms. The molecule has 1 amide bonds. The van der Waals surface area contributed by atoms with Gasteiger partial charge in [0.15, 0.2) is 0 Å². The Balaban J connectivity index is 2.16. The fraction of sp³-hybridized carbons (Fsp3) is 0.500. The van der Waals surface area contributed by atoms with E-state index >= 15 is 0 Å². The van der Waals surface area contributed by atoms with E-state index < -0.39 is 0 Å². The van der Waals surface area contributed by atoms with Gasteiger partial charge in [0.25, 0.3) is 0 Å². The molecule has 0 bridgehead atoms. The third-order valence-corrected chi connectivity index (χ3v) is 2.61. The van der Waals surface area contributed by atoms with E-state index in [1.807, 2.05) is 0 Å². The van der Waals surface area contributed by atoms with E-state index in [4.69, 9.17) is 26.8 Å². The third kappa shape index (κ3) is 6.37. The first-order chi connectivity index (χ1) is 9.15. The van der Waals surface area contributed by atoms with Gasteiger partial charge in [-0.15, -0.1) is 0 Å². The summed E-state index contributed by atoms with van der Waals surface area (Å²) in [6, 6.07) is 3.35. The molecule has 1 atom stereocenters. The lowest BCUT2D eigenvalue weighted by atomic mass is 10.2. The van der Waals surface area contributed by atoms with Crippen LogP contribution in [0.25, 0.3) is 0 Å². The van der Waals surface area contributed by atoms with Crippen LogP contribution in [0, 0.1) is 0 Å². The van der Waals surface area contributed by atoms with Gasteiger partial charge in [0, 0.05) is 25.9 Å². The van der Waals surface area contributed by atoms with E-state index in [0.29, 0.717) is 30.6 Å². The van der Waals surface area contributed by atoms with E-state index in [0.717, 1.165) is 0 Å². The smallest absolute Gasteiger partial charge is 0.222 e. The van der Waals surface area contributed by atoms with Crippen LogP contribution in [-0.2, 0) is 9.53 Å². The largest absolute Gasteiger partial charge is 0.476 e. The van der Waals surface area contributed by atoms with Gasteiger partial charge in [-0.2, -0.15) is 0 Å². The van der Waals surface area contributed by atoms with Crippen LogP contribution in [0.3, 0.4) is 0 Å². The highest BCUT2D eigenvalue weighted by molar-refractivity contribution is 6.30. The second kappa shape index (κ2) is 8.68. The molecule has 3 N–H and O–H groups in total. The van der Waals surface area contributed by atoms with Gasteiger partial charge < -0.3 is 20.5 Å². The highest BCUT2D eigenvalue weighted by Gasteiger charge is 2.10. The Hall–Kier alpha value is -1.37. The van der Waals surface area contributed by atoms with Gasteiger partial charge in [-0.25, -0.2) is 4.98 Å². The van der Waals surface area contributed by atoms with Crippen molar-refractivity contribution >= 4 is 17.5 Å². The quantitative estimate of drug-likeness (QED) is 0.684. The lowest BCUT2D eigenvalue weighted by Crippen LogP contribution is -2.34. The maximum Gasteiger partial charge on any atom is 0.222 e. The van der Waals surface area contributed by atoms with Gasteiger partial charge in [-0.3, -0.25) is 4.79 Å². The standard InChI is InChI=1S/C12H18ClN3O3/c1-18-10(7-14)6-11(17)15-4-5-19-12-3-2-9(13)8-16-12/h2-3,8,10H,4-7,14H2,1H3,(H,15,17). The predicted molar refractivity (Wildman–Crippen MR) is 72.2 cm³/mol. The maximum absolute atomic E-state index is 11.5. The van der Waals surface area contributed by atoms with Crippen molar-refractivity contribution in [3.05, 3.63) is 23.4 Å². The molecule has 106 valence electrons. The lowest BCUT2D eigenvalue weighted by Gasteiger charge is -2.12. The van der Waals surface area contributed by atoms with Crippen LogP contribution in [-0.4, -0.2) is 43.8 Å². The zero-order valence-electron chi connectivity index (χ0n) is 10.8. The minimum Gasteiger partial charge on any atom is -0.476 e. The summed E-state index contributed by atoms with van der Waals surface area (Å²) in [5, 5.41) is 3.26. The number of nitrogens with one attached hydrogen (secondary N) is 1. The molecule has 0 saturated heterocycles. The molecule has 0 aromatic carbocycles. The van der Waals surface area contributed by atoms with Gasteiger partial charge >= 0.3 is 0 Å². The molecule has 0 fully saturated rings. The number of carbonyl (C=O) groups excluding carboxylic acids is 1. The molecule has 0 aliphatic carbocycles. The van der Waals surface area contributed by atoms with Gasteiger partial charge in [0.05, 0.1) is 24.1 Å². The van der Waals surface area contributed by atoms with Crippen molar-refractivity contribution in [1.82, 2.24) is 10.3 Å². The van der Waals surface area contributed by atoms with Crippen LogP contribution >= 0.6 is 11.6 Å². The summed E-state index contributed by atoms with van der Waals surface area (Å²) >= 11 is 5.69. The van der Waals surface area contributed by atoms with Gasteiger partial charge in [0.2, 0.25) is 11.8 Å². The maximum atomic E-state index is 11.5. The number of pyridine rings is 1. The van der Waals surface area contributed by atoms with Gasteiger partial charge in [0.1, 0.15) is 6.61 Å². The number of methoxy groups -OCH3 is 1. The molecule has 6 nitrogen and oxygen atoms in total. The van der Waals surface area contributed by atoms with Gasteiger partial charge in [-0.1, -0.05) is 11.6 Å². The number of hydrogen-bond acceptors (Lipinski definition) is 5. The molecule has 1 aromatic heterocycles. The summed E-state index contributed by atoms with van der Waals surface area (Å²) in [5.41, 5.74) is 5.43. The summed E-state index contributed by atoms with van der Waals surface area (Å²) < 4.78 is 10.3. The van der Waals surface area contributed by atoms with Crippen molar-refractivity contribution in [3.8, 4) is 5.88 Å². The Morgan fingerprint density at radius 2 is 2.37 bits per heavy atom. The molecule has 0 spiro atoms. The second-order valence-electron chi connectivity index (χ2n) is 3.81. The minimum absolute atomic E-state index is 0.120. The fourth-order valence-electron chi connectivity index (χ4n) is 1.34. The van der Waals surface area contributed by atoms with Crippen molar-refractivity contribution in [2.75, 3.05) is 26.8 Å². The Morgan fingerprint density at radius 1 is 1.58 bits per heavy atom. The second-order valence-corrected chi connectivity index (χ2v) is 4.25. The average molecular weight is 288 g/mol. The van der Waals surface area contributed by atoms with Crippen LogP contribution in [0.1, 0.15) is 6.42 Å². The Morgan fingerprint density at radius 3 is 2.95 bits per heavy atom. The summed E-state index contributed by atoms with van der Waals surface area (Å²) in [7, 11) is 1.53. The summed E-state index contributed by atoms with van der Waals surface area (Å²) in [6.07, 6.45) is 1.49. The Labute approximate surface area is 117 Å². The van der Waals surface area contributed by atoms with Crippen molar-refractivity contribution in [1.29, 1.82) is 0 Å². The molecule has 1 aromatic rings. The molecule has 0 saturated carbocycles. The number of carbonyl (C=O) groups is 1. The number of nitrogens with zero attached hydrogens (tertiary/aromatic N) is 1. The first-order valence-corrected chi connectivity index (χ1v) is 6.27. The molecule has 1 unspecified atom stereocenters. The van der Waals surface area contributed by atoms with Crippen LogP contribution < -0.4 is 15.8 Å². The van der Waals surface area contributed by atoms with E-state index in [1.54, 1.807) is 12.1 Å². The third-order valence-electron chi connectivity index (χ3n) is 2.38. The predicted octanol–water partition coefficient (Wildman–Crippen LogP) is 0.594. The normalized spacial score (nSPS) is 11.9. The molecular weight excluding hydrogens is 270 g/mol. The highest BCUT2D eigenvalue weighted by atomic mass is 35.5. The van der Waals surface area contributed by atoms with E-state index in [2.05, 4.69) is 10.3 Å². The SMILES string of the molecule is COC(CN)CC(=O)NCCOc1ccc(Cl)cn1. The number of nitrogens with two attached hydrogens (primary N) is 1. The van der Waals surface area contributed by atoms with E-state index in [1.165, 1.54) is 13.3 Å². The number of ether oxygens (including phenoxy) is 2. The molecular formula is C12H18ClN3O3. The molecule has 0 aliphatic rings. The summed E-state index contributed by atoms with van der Waals surface area (Å²) in [4.78, 5) is 15.5. The van der Waals surface area contributed by atoms with E-state index in [-0.39, 0.29) is 18.4 Å². The summed E-state index contributed by atoms with van der Waals surface area (Å²) in [5.74, 6) is 0.348. The highest BCUT2D eigenvalue weighted by Crippen LogP contribution is 2.10. The number of aromatic nitrogens is 1. The monoisotopic (exact) mass is 287 g/mol. The number of hydrogen-bond donors (Lipinski definition) is 2. The van der Waals surface area contributed by atoms with Crippen molar-refractivity contribution < 1.29 is 14.3 Å². The Bertz CT molecular complexity index is 382. The van der Waals surface area contributed by atoms with Crippen LogP contribution in [0.15, 0.2) is 18.3 Å². The molecule has 19 heavy (non-hydrogen) atoms. The van der Waals surface area contributed by atoms with Crippen molar-refractivity contribution in [2.24, 2.45) is 5.73 Å². The van der Waals surface area contributed by atoms with Crippen molar-refractivity contribution in [3.63, 3.8) is 0 Å². The summed E-state index contributed by atoms with van der Waals surface area (Å²) in [6.45, 7) is 1.04. The number of rotatable bonds is 8. The topological polar surface area (TPSA) is 86.5 Å². The van der Waals surface area contributed by atoms with E-state index in [9.17, 15) is 4.79 Å².